The van der Waals surface area contributed by atoms with Crippen molar-refractivity contribution in [2.24, 2.45) is 5.92 Å². The van der Waals surface area contributed by atoms with Crippen molar-refractivity contribution in [2.45, 2.75) is 33.7 Å². The maximum absolute atomic E-state index is 5.71. The molecule has 0 aliphatic heterocycles. The number of nitrogens with one attached hydrogen (secondary N) is 1. The van der Waals surface area contributed by atoms with Crippen LogP contribution >= 0.6 is 15.9 Å². The molecule has 0 aromatic heterocycles. The summed E-state index contributed by atoms with van der Waals surface area (Å²) in [7, 11) is 0. The van der Waals surface area contributed by atoms with E-state index in [1.807, 2.05) is 6.07 Å². The zero-order valence-electron chi connectivity index (χ0n) is 12.7. The molecule has 4 heteroatoms. The van der Waals surface area contributed by atoms with Gasteiger partial charge in [-0.25, -0.2) is 0 Å². The van der Waals surface area contributed by atoms with Gasteiger partial charge in [-0.05, 0) is 52.5 Å². The SMILES string of the molecule is CCCNCc1ccc(OCCOCC(C)C)c(Br)c1. The van der Waals surface area contributed by atoms with E-state index < -0.39 is 0 Å². The number of benzene rings is 1. The highest BCUT2D eigenvalue weighted by Gasteiger charge is 2.03. The first-order valence-corrected chi connectivity index (χ1v) is 8.12. The van der Waals surface area contributed by atoms with Gasteiger partial charge < -0.3 is 14.8 Å². The molecule has 0 amide bonds. The van der Waals surface area contributed by atoms with Gasteiger partial charge >= 0.3 is 0 Å². The Morgan fingerprint density at radius 3 is 2.70 bits per heavy atom. The maximum Gasteiger partial charge on any atom is 0.133 e. The normalized spacial score (nSPS) is 11.1. The number of hydrogen-bond donors (Lipinski definition) is 1. The van der Waals surface area contributed by atoms with Crippen LogP contribution in [0.4, 0.5) is 0 Å². The number of rotatable bonds is 10. The van der Waals surface area contributed by atoms with Crippen LogP contribution in [0, 0.1) is 5.92 Å². The van der Waals surface area contributed by atoms with Crippen LogP contribution < -0.4 is 10.1 Å². The second kappa shape index (κ2) is 10.2. The Kier molecular flexibility index (Phi) is 8.90. The minimum Gasteiger partial charge on any atom is -0.490 e. The molecule has 114 valence electrons. The average molecular weight is 344 g/mol. The minimum atomic E-state index is 0.566. The van der Waals surface area contributed by atoms with Crippen molar-refractivity contribution >= 4 is 15.9 Å². The minimum absolute atomic E-state index is 0.566. The predicted octanol–water partition coefficient (Wildman–Crippen LogP) is 4.00. The summed E-state index contributed by atoms with van der Waals surface area (Å²) in [6, 6.07) is 6.21. The summed E-state index contributed by atoms with van der Waals surface area (Å²) in [5.74, 6) is 1.44. The summed E-state index contributed by atoms with van der Waals surface area (Å²) in [4.78, 5) is 0. The smallest absolute Gasteiger partial charge is 0.133 e. The van der Waals surface area contributed by atoms with Crippen molar-refractivity contribution in [3.63, 3.8) is 0 Å². The Hall–Kier alpha value is -0.580. The summed E-state index contributed by atoms with van der Waals surface area (Å²) in [6.45, 7) is 10.4. The molecular weight excluding hydrogens is 318 g/mol. The van der Waals surface area contributed by atoms with E-state index in [1.54, 1.807) is 0 Å². The van der Waals surface area contributed by atoms with Gasteiger partial charge in [0, 0.05) is 13.2 Å². The molecule has 1 aromatic carbocycles. The molecule has 20 heavy (non-hydrogen) atoms. The fourth-order valence-corrected chi connectivity index (χ4v) is 2.25. The summed E-state index contributed by atoms with van der Waals surface area (Å²) in [5, 5.41) is 3.39. The monoisotopic (exact) mass is 343 g/mol. The molecule has 1 aromatic rings. The van der Waals surface area contributed by atoms with Gasteiger partial charge in [-0.1, -0.05) is 26.8 Å². The van der Waals surface area contributed by atoms with E-state index >= 15 is 0 Å². The van der Waals surface area contributed by atoms with Crippen LogP contribution in [0.25, 0.3) is 0 Å². The van der Waals surface area contributed by atoms with Crippen LogP contribution in [-0.4, -0.2) is 26.4 Å². The molecule has 0 bridgehead atoms. The standard InChI is InChI=1S/C16H26BrNO2/c1-4-7-18-11-14-5-6-16(15(17)10-14)20-9-8-19-12-13(2)3/h5-6,10,13,18H,4,7-9,11-12H2,1-3H3. The zero-order chi connectivity index (χ0) is 14.8. The highest BCUT2D eigenvalue weighted by molar-refractivity contribution is 9.10. The molecule has 0 heterocycles. The maximum atomic E-state index is 5.71. The Bertz CT molecular complexity index is 383. The van der Waals surface area contributed by atoms with E-state index in [9.17, 15) is 0 Å². The van der Waals surface area contributed by atoms with E-state index in [4.69, 9.17) is 9.47 Å². The van der Waals surface area contributed by atoms with Gasteiger partial charge in [-0.15, -0.1) is 0 Å². The average Bonchev–Trinajstić information content (AvgIpc) is 2.40. The molecule has 0 atom stereocenters. The summed E-state index contributed by atoms with van der Waals surface area (Å²) >= 11 is 3.55. The van der Waals surface area contributed by atoms with Crippen molar-refractivity contribution in [1.82, 2.24) is 5.32 Å². The van der Waals surface area contributed by atoms with Gasteiger partial charge in [0.25, 0.3) is 0 Å². The zero-order valence-corrected chi connectivity index (χ0v) is 14.3. The third kappa shape index (κ3) is 7.27. The van der Waals surface area contributed by atoms with E-state index in [2.05, 4.69) is 54.2 Å². The first kappa shape index (κ1) is 17.5. The molecule has 0 unspecified atom stereocenters. The molecule has 0 radical (unpaired) electrons. The second-order valence-corrected chi connectivity index (χ2v) is 6.11. The first-order valence-electron chi connectivity index (χ1n) is 7.33. The quantitative estimate of drug-likeness (QED) is 0.651. The topological polar surface area (TPSA) is 30.5 Å². The molecule has 0 saturated heterocycles. The fourth-order valence-electron chi connectivity index (χ4n) is 1.71. The Morgan fingerprint density at radius 1 is 1.25 bits per heavy atom. The van der Waals surface area contributed by atoms with Crippen LogP contribution in [0.15, 0.2) is 22.7 Å². The summed E-state index contributed by atoms with van der Waals surface area (Å²) in [5.41, 5.74) is 1.26. The molecule has 1 N–H and O–H groups in total. The second-order valence-electron chi connectivity index (χ2n) is 5.26. The van der Waals surface area contributed by atoms with Gasteiger partial charge in [0.2, 0.25) is 0 Å². The molecule has 3 nitrogen and oxygen atoms in total. The van der Waals surface area contributed by atoms with Crippen molar-refractivity contribution in [3.8, 4) is 5.75 Å². The summed E-state index contributed by atoms with van der Waals surface area (Å²) in [6.07, 6.45) is 1.15. The van der Waals surface area contributed by atoms with Crippen LogP contribution in [0.2, 0.25) is 0 Å². The lowest BCUT2D eigenvalue weighted by Crippen LogP contribution is -2.14. The van der Waals surface area contributed by atoms with Gasteiger partial charge in [-0.2, -0.15) is 0 Å². The van der Waals surface area contributed by atoms with Crippen LogP contribution in [0.5, 0.6) is 5.75 Å². The molecule has 1 rings (SSSR count). The third-order valence-corrected chi connectivity index (χ3v) is 3.31. The van der Waals surface area contributed by atoms with Gasteiger partial charge in [0.05, 0.1) is 11.1 Å². The molecular formula is C16H26BrNO2. The summed E-state index contributed by atoms with van der Waals surface area (Å²) < 4.78 is 12.2. The van der Waals surface area contributed by atoms with Gasteiger partial charge in [-0.3, -0.25) is 0 Å². The van der Waals surface area contributed by atoms with E-state index in [-0.39, 0.29) is 0 Å². The lowest BCUT2D eigenvalue weighted by molar-refractivity contribution is 0.0817. The largest absolute Gasteiger partial charge is 0.490 e. The van der Waals surface area contributed by atoms with Crippen molar-refractivity contribution < 1.29 is 9.47 Å². The van der Waals surface area contributed by atoms with Crippen molar-refractivity contribution in [3.05, 3.63) is 28.2 Å². The van der Waals surface area contributed by atoms with E-state index in [0.717, 1.165) is 36.3 Å². The number of ether oxygens (including phenoxy) is 2. The Labute approximate surface area is 131 Å². The van der Waals surface area contributed by atoms with E-state index in [1.165, 1.54) is 5.56 Å². The van der Waals surface area contributed by atoms with Gasteiger partial charge in [0.15, 0.2) is 0 Å². The first-order chi connectivity index (χ1) is 9.63. The molecule has 0 aliphatic rings. The molecule has 0 fully saturated rings. The van der Waals surface area contributed by atoms with Crippen molar-refractivity contribution in [2.75, 3.05) is 26.4 Å². The van der Waals surface area contributed by atoms with Crippen LogP contribution in [0.1, 0.15) is 32.8 Å². The predicted molar refractivity (Wildman–Crippen MR) is 87.3 cm³/mol. The van der Waals surface area contributed by atoms with Crippen LogP contribution in [0.3, 0.4) is 0 Å². The number of hydrogen-bond acceptors (Lipinski definition) is 3. The molecule has 0 spiro atoms. The lowest BCUT2D eigenvalue weighted by atomic mass is 10.2. The van der Waals surface area contributed by atoms with Crippen molar-refractivity contribution in [1.29, 1.82) is 0 Å². The number of halogens is 1. The highest BCUT2D eigenvalue weighted by Crippen LogP contribution is 2.25. The highest BCUT2D eigenvalue weighted by atomic mass is 79.9. The molecule has 0 aliphatic carbocycles. The lowest BCUT2D eigenvalue weighted by Gasteiger charge is -2.11. The van der Waals surface area contributed by atoms with Gasteiger partial charge in [0.1, 0.15) is 12.4 Å². The fraction of sp³-hybridized carbons (Fsp3) is 0.625. The molecule has 0 saturated carbocycles. The Morgan fingerprint density at radius 2 is 2.05 bits per heavy atom. The third-order valence-electron chi connectivity index (χ3n) is 2.69. The Balaban J connectivity index is 2.32. The van der Waals surface area contributed by atoms with E-state index in [0.29, 0.717) is 19.1 Å². The van der Waals surface area contributed by atoms with Crippen LogP contribution in [-0.2, 0) is 11.3 Å².